The summed E-state index contributed by atoms with van der Waals surface area (Å²) in [7, 11) is 0. The molecular weight excluding hydrogens is 170 g/mol. The number of nitrogens with one attached hydrogen (secondary N) is 1. The van der Waals surface area contributed by atoms with E-state index in [1.54, 1.807) is 25.4 Å². The Hall–Kier alpha value is -1.65. The predicted octanol–water partition coefficient (Wildman–Crippen LogP) is 1.31. The third-order valence-corrected chi connectivity index (χ3v) is 0.989. The van der Waals surface area contributed by atoms with E-state index >= 15 is 0 Å². The summed E-state index contributed by atoms with van der Waals surface area (Å²) in [6, 6.07) is 1.81. The van der Waals surface area contributed by atoms with E-state index in [1.807, 2.05) is 6.92 Å². The number of hydrogen-bond donors (Lipinski definition) is 1. The molecule has 0 aliphatic heterocycles. The molecule has 0 aliphatic rings. The van der Waals surface area contributed by atoms with Crippen LogP contribution < -0.4 is 0 Å². The quantitative estimate of drug-likeness (QED) is 0.567. The van der Waals surface area contributed by atoms with Crippen LogP contribution in [0, 0.1) is 0 Å². The minimum Gasteiger partial charge on any atom is -0.468 e. The molecule has 0 bridgehead atoms. The lowest BCUT2D eigenvalue weighted by Gasteiger charge is -1.79. The van der Waals surface area contributed by atoms with Crippen LogP contribution in [0.3, 0.4) is 0 Å². The van der Waals surface area contributed by atoms with Crippen molar-refractivity contribution in [3.63, 3.8) is 0 Å². The molecular formula is C8H13N3O2. The molecule has 0 aromatic carbocycles. The average molecular weight is 183 g/mol. The van der Waals surface area contributed by atoms with Crippen molar-refractivity contribution in [2.75, 3.05) is 6.61 Å². The minimum absolute atomic E-state index is 0.431. The molecule has 0 aliphatic carbocycles. The summed E-state index contributed by atoms with van der Waals surface area (Å²) >= 11 is 0. The number of carbonyl (C=O) groups excluding carboxylic acids is 1. The Morgan fingerprint density at radius 1 is 1.77 bits per heavy atom. The minimum atomic E-state index is 0.431. The van der Waals surface area contributed by atoms with Crippen molar-refractivity contribution < 1.29 is 9.53 Å². The van der Waals surface area contributed by atoms with Crippen molar-refractivity contribution in [3.05, 3.63) is 12.3 Å². The van der Waals surface area contributed by atoms with Gasteiger partial charge in [0.1, 0.15) is 5.82 Å². The third kappa shape index (κ3) is 6.74. The van der Waals surface area contributed by atoms with Gasteiger partial charge in [0.25, 0.3) is 6.47 Å². The molecule has 1 rings (SSSR count). The van der Waals surface area contributed by atoms with Gasteiger partial charge in [0.2, 0.25) is 0 Å². The topological polar surface area (TPSA) is 67.3 Å². The lowest BCUT2D eigenvalue weighted by atomic mass is 10.6. The SMILES string of the molecule is C/C=N/c1ccn[nH]1.CCOC=O. The van der Waals surface area contributed by atoms with Gasteiger partial charge in [0, 0.05) is 12.3 Å². The van der Waals surface area contributed by atoms with Crippen molar-refractivity contribution in [2.24, 2.45) is 4.99 Å². The zero-order valence-electron chi connectivity index (χ0n) is 7.73. The molecule has 0 saturated heterocycles. The van der Waals surface area contributed by atoms with Crippen molar-refractivity contribution in [1.29, 1.82) is 0 Å². The van der Waals surface area contributed by atoms with Crippen molar-refractivity contribution in [2.45, 2.75) is 13.8 Å². The summed E-state index contributed by atoms with van der Waals surface area (Å²) in [4.78, 5) is 13.1. The van der Waals surface area contributed by atoms with E-state index in [2.05, 4.69) is 19.9 Å². The second-order valence-corrected chi connectivity index (χ2v) is 1.88. The number of carbonyl (C=O) groups is 1. The van der Waals surface area contributed by atoms with Crippen LogP contribution in [-0.4, -0.2) is 29.5 Å². The maximum Gasteiger partial charge on any atom is 0.293 e. The summed E-state index contributed by atoms with van der Waals surface area (Å²) < 4.78 is 4.15. The zero-order chi connectivity index (χ0) is 9.94. The van der Waals surface area contributed by atoms with Gasteiger partial charge in [0.15, 0.2) is 0 Å². The Balaban J connectivity index is 0.000000252. The van der Waals surface area contributed by atoms with Crippen molar-refractivity contribution in [3.8, 4) is 0 Å². The van der Waals surface area contributed by atoms with Crippen LogP contribution in [0.2, 0.25) is 0 Å². The Morgan fingerprint density at radius 2 is 2.54 bits per heavy atom. The second-order valence-electron chi connectivity index (χ2n) is 1.88. The molecule has 0 saturated carbocycles. The highest BCUT2D eigenvalue weighted by Crippen LogP contribution is 2.00. The number of ether oxygens (including phenoxy) is 1. The molecule has 1 aromatic heterocycles. The number of nitrogens with zero attached hydrogens (tertiary/aromatic N) is 2. The molecule has 0 fully saturated rings. The number of aromatic nitrogens is 2. The molecule has 0 atom stereocenters. The predicted molar refractivity (Wildman–Crippen MR) is 50.1 cm³/mol. The number of aliphatic imine (C=N–C) groups is 1. The van der Waals surface area contributed by atoms with E-state index in [-0.39, 0.29) is 0 Å². The summed E-state index contributed by atoms with van der Waals surface area (Å²) in [6.45, 7) is 4.53. The lowest BCUT2D eigenvalue weighted by Crippen LogP contribution is -1.80. The summed E-state index contributed by atoms with van der Waals surface area (Å²) in [5, 5.41) is 6.39. The van der Waals surface area contributed by atoms with Gasteiger partial charge in [-0.3, -0.25) is 9.89 Å². The molecule has 0 spiro atoms. The highest BCUT2D eigenvalue weighted by Gasteiger charge is 1.80. The van der Waals surface area contributed by atoms with Crippen LogP contribution >= 0.6 is 0 Å². The summed E-state index contributed by atoms with van der Waals surface area (Å²) in [5.41, 5.74) is 0. The molecule has 1 aromatic rings. The van der Waals surface area contributed by atoms with Crippen LogP contribution in [0.15, 0.2) is 17.3 Å². The van der Waals surface area contributed by atoms with E-state index in [1.165, 1.54) is 0 Å². The Bertz CT molecular complexity index is 232. The normalized spacial score (nSPS) is 9.08. The Morgan fingerprint density at radius 3 is 2.85 bits per heavy atom. The fraction of sp³-hybridized carbons (Fsp3) is 0.375. The van der Waals surface area contributed by atoms with E-state index in [0.29, 0.717) is 13.1 Å². The molecule has 13 heavy (non-hydrogen) atoms. The summed E-state index contributed by atoms with van der Waals surface area (Å²) in [6.07, 6.45) is 3.38. The average Bonchev–Trinajstić information content (AvgIpc) is 2.60. The molecule has 5 nitrogen and oxygen atoms in total. The van der Waals surface area contributed by atoms with Crippen molar-refractivity contribution in [1.82, 2.24) is 10.2 Å². The van der Waals surface area contributed by atoms with Crippen LogP contribution in [0.25, 0.3) is 0 Å². The number of hydrogen-bond acceptors (Lipinski definition) is 4. The van der Waals surface area contributed by atoms with Gasteiger partial charge in [0.05, 0.1) is 12.8 Å². The molecule has 0 amide bonds. The van der Waals surface area contributed by atoms with E-state index in [9.17, 15) is 4.79 Å². The second kappa shape index (κ2) is 8.45. The molecule has 1 heterocycles. The van der Waals surface area contributed by atoms with Crippen LogP contribution in [-0.2, 0) is 9.53 Å². The maximum atomic E-state index is 9.18. The van der Waals surface area contributed by atoms with Crippen LogP contribution in [0.1, 0.15) is 13.8 Å². The van der Waals surface area contributed by atoms with Crippen molar-refractivity contribution >= 4 is 18.5 Å². The van der Waals surface area contributed by atoms with Gasteiger partial charge in [-0.25, -0.2) is 4.99 Å². The van der Waals surface area contributed by atoms with E-state index in [4.69, 9.17) is 0 Å². The first-order valence-corrected chi connectivity index (χ1v) is 3.88. The van der Waals surface area contributed by atoms with Crippen LogP contribution in [0.4, 0.5) is 5.82 Å². The molecule has 1 N–H and O–H groups in total. The zero-order valence-corrected chi connectivity index (χ0v) is 7.73. The Labute approximate surface area is 76.8 Å². The van der Waals surface area contributed by atoms with Crippen LogP contribution in [0.5, 0.6) is 0 Å². The Kier molecular flexibility index (Phi) is 7.37. The molecule has 0 radical (unpaired) electrons. The number of aromatic amines is 1. The number of H-pyrrole nitrogens is 1. The first-order valence-electron chi connectivity index (χ1n) is 3.88. The monoisotopic (exact) mass is 183 g/mol. The fourth-order valence-electron chi connectivity index (χ4n) is 0.528. The van der Waals surface area contributed by atoms with Gasteiger partial charge < -0.3 is 4.74 Å². The molecule has 5 heteroatoms. The highest BCUT2D eigenvalue weighted by atomic mass is 16.5. The van der Waals surface area contributed by atoms with Gasteiger partial charge in [-0.1, -0.05) is 0 Å². The lowest BCUT2D eigenvalue weighted by molar-refractivity contribution is -0.128. The first-order chi connectivity index (χ1) is 6.35. The van der Waals surface area contributed by atoms with E-state index < -0.39 is 0 Å². The van der Waals surface area contributed by atoms with Gasteiger partial charge in [-0.15, -0.1) is 0 Å². The third-order valence-electron chi connectivity index (χ3n) is 0.989. The van der Waals surface area contributed by atoms with Gasteiger partial charge in [-0.05, 0) is 13.8 Å². The van der Waals surface area contributed by atoms with E-state index in [0.717, 1.165) is 5.82 Å². The smallest absolute Gasteiger partial charge is 0.293 e. The molecule has 72 valence electrons. The largest absolute Gasteiger partial charge is 0.468 e. The summed E-state index contributed by atoms with van der Waals surface area (Å²) in [5.74, 6) is 0.799. The molecule has 0 unspecified atom stereocenters. The fourth-order valence-corrected chi connectivity index (χ4v) is 0.528. The first kappa shape index (κ1) is 11.4. The standard InChI is InChI=1S/C5H7N3.C3H6O2/c1-2-6-5-3-4-7-8-5;1-2-5-3-4/h2-4H,1H3,(H,7,8);3H,2H2,1H3/b6-2+;. The maximum absolute atomic E-state index is 9.18. The van der Waals surface area contributed by atoms with Gasteiger partial charge in [-0.2, -0.15) is 5.10 Å². The number of rotatable bonds is 3. The van der Waals surface area contributed by atoms with Gasteiger partial charge >= 0.3 is 0 Å². The highest BCUT2D eigenvalue weighted by molar-refractivity contribution is 5.58.